The fourth-order valence-electron chi connectivity index (χ4n) is 0.630. The Morgan fingerprint density at radius 1 is 1.25 bits per heavy atom. The topological polar surface area (TPSA) is 44.0 Å². The molecule has 2 nitrogen and oxygen atoms in total. The maximum atomic E-state index is 9.30. The SMILES string of the molecule is N#Cc1cc(I)c(O)c(I)c1.[K+]. The molecule has 0 heterocycles. The van der Waals surface area contributed by atoms with Crippen molar-refractivity contribution < 1.29 is 56.5 Å². The molecule has 0 aliphatic carbocycles. The van der Waals surface area contributed by atoms with Gasteiger partial charge < -0.3 is 5.11 Å². The fraction of sp³-hybridized carbons (Fsp3) is 0. The van der Waals surface area contributed by atoms with Crippen molar-refractivity contribution in [3.05, 3.63) is 24.8 Å². The molecule has 1 aromatic rings. The normalized spacial score (nSPS) is 8.42. The van der Waals surface area contributed by atoms with Crippen LogP contribution in [0.4, 0.5) is 0 Å². The third-order valence-corrected chi connectivity index (χ3v) is 2.79. The number of phenolic OH excluding ortho intramolecular Hbond substituents is 1. The van der Waals surface area contributed by atoms with Crippen LogP contribution in [0.15, 0.2) is 12.1 Å². The van der Waals surface area contributed by atoms with Crippen LogP contribution in [0.1, 0.15) is 5.56 Å². The van der Waals surface area contributed by atoms with E-state index in [-0.39, 0.29) is 57.1 Å². The molecule has 12 heavy (non-hydrogen) atoms. The molecule has 0 aromatic heterocycles. The average Bonchev–Trinajstić information content (AvgIpc) is 1.99. The van der Waals surface area contributed by atoms with Crippen molar-refractivity contribution in [3.8, 4) is 11.8 Å². The van der Waals surface area contributed by atoms with Gasteiger partial charge in [0.05, 0.1) is 18.8 Å². The van der Waals surface area contributed by atoms with Crippen molar-refractivity contribution in [2.75, 3.05) is 0 Å². The standard InChI is InChI=1S/C7H3I2NO.K/c8-5-1-4(3-10)2-6(9)7(5)11;/h1-2,11H;/q;+1. The zero-order valence-corrected chi connectivity index (χ0v) is 13.7. The third-order valence-electron chi connectivity index (χ3n) is 1.15. The molecular weight excluding hydrogens is 407 g/mol. The summed E-state index contributed by atoms with van der Waals surface area (Å²) < 4.78 is 1.43. The van der Waals surface area contributed by atoms with Gasteiger partial charge in [-0.1, -0.05) is 0 Å². The van der Waals surface area contributed by atoms with Gasteiger partial charge in [0, 0.05) is 0 Å². The van der Waals surface area contributed by atoms with Gasteiger partial charge in [0.2, 0.25) is 0 Å². The molecule has 1 N–H and O–H groups in total. The number of nitriles is 1. The van der Waals surface area contributed by atoms with E-state index in [2.05, 4.69) is 0 Å². The first-order valence-electron chi connectivity index (χ1n) is 2.73. The number of hydrogen-bond acceptors (Lipinski definition) is 2. The first-order valence-corrected chi connectivity index (χ1v) is 4.89. The van der Waals surface area contributed by atoms with Gasteiger partial charge in [-0.2, -0.15) is 5.26 Å². The smallest absolute Gasteiger partial charge is 0.506 e. The summed E-state index contributed by atoms with van der Waals surface area (Å²) in [5, 5.41) is 17.8. The predicted molar refractivity (Wildman–Crippen MR) is 58.3 cm³/mol. The second-order valence-electron chi connectivity index (χ2n) is 1.90. The van der Waals surface area contributed by atoms with Crippen LogP contribution in [-0.2, 0) is 0 Å². The minimum absolute atomic E-state index is 0. The van der Waals surface area contributed by atoms with Crippen LogP contribution in [0.2, 0.25) is 0 Å². The zero-order chi connectivity index (χ0) is 8.43. The van der Waals surface area contributed by atoms with Gasteiger partial charge in [-0.25, -0.2) is 0 Å². The van der Waals surface area contributed by atoms with Gasteiger partial charge in [0.15, 0.2) is 0 Å². The number of aromatic hydroxyl groups is 1. The molecule has 1 aromatic carbocycles. The van der Waals surface area contributed by atoms with E-state index < -0.39 is 0 Å². The van der Waals surface area contributed by atoms with Crippen LogP contribution in [0.25, 0.3) is 0 Å². The molecule has 0 aliphatic heterocycles. The van der Waals surface area contributed by atoms with Crippen LogP contribution < -0.4 is 51.4 Å². The van der Waals surface area contributed by atoms with E-state index in [0.29, 0.717) is 12.7 Å². The number of rotatable bonds is 0. The van der Waals surface area contributed by atoms with Crippen molar-refractivity contribution >= 4 is 45.2 Å². The van der Waals surface area contributed by atoms with Gasteiger partial charge in [0.25, 0.3) is 0 Å². The summed E-state index contributed by atoms with van der Waals surface area (Å²) in [7, 11) is 0. The molecule has 0 amide bonds. The summed E-state index contributed by atoms with van der Waals surface area (Å²) in [5.41, 5.74) is 0.580. The van der Waals surface area contributed by atoms with E-state index in [9.17, 15) is 5.11 Å². The first-order chi connectivity index (χ1) is 5.15. The molecule has 0 spiro atoms. The van der Waals surface area contributed by atoms with E-state index in [0.717, 1.165) is 0 Å². The molecule has 56 valence electrons. The minimum atomic E-state index is 0. The largest absolute Gasteiger partial charge is 1.00 e. The average molecular weight is 410 g/mol. The van der Waals surface area contributed by atoms with Gasteiger partial charge in [0.1, 0.15) is 5.75 Å². The molecule has 0 saturated heterocycles. The maximum Gasteiger partial charge on any atom is 1.00 e. The summed E-state index contributed by atoms with van der Waals surface area (Å²) in [6.45, 7) is 0. The summed E-state index contributed by atoms with van der Waals surface area (Å²) in [6, 6.07) is 5.32. The molecule has 1 rings (SSSR count). The molecule has 0 atom stereocenters. The Kier molecular flexibility index (Phi) is 6.98. The first kappa shape index (κ1) is 13.6. The van der Waals surface area contributed by atoms with Crippen molar-refractivity contribution in [1.29, 1.82) is 5.26 Å². The van der Waals surface area contributed by atoms with E-state index in [1.807, 2.05) is 51.3 Å². The summed E-state index contributed by atoms with van der Waals surface area (Å²) >= 11 is 3.99. The van der Waals surface area contributed by atoms with E-state index in [1.165, 1.54) is 0 Å². The Morgan fingerprint density at radius 3 is 2.00 bits per heavy atom. The monoisotopic (exact) mass is 410 g/mol. The molecule has 5 heteroatoms. The van der Waals surface area contributed by atoms with Crippen molar-refractivity contribution in [2.45, 2.75) is 0 Å². The summed E-state index contributed by atoms with van der Waals surface area (Å²) in [5.74, 6) is 0.255. The molecule has 0 bridgehead atoms. The van der Waals surface area contributed by atoms with Gasteiger partial charge in [-0.05, 0) is 57.3 Å². The molecule has 0 aliphatic rings. The van der Waals surface area contributed by atoms with Crippen molar-refractivity contribution in [1.82, 2.24) is 0 Å². The number of hydrogen-bond donors (Lipinski definition) is 1. The third kappa shape index (κ3) is 3.40. The fourth-order valence-corrected chi connectivity index (χ4v) is 2.40. The summed E-state index contributed by atoms with van der Waals surface area (Å²) in [4.78, 5) is 0. The van der Waals surface area contributed by atoms with Crippen molar-refractivity contribution in [2.24, 2.45) is 0 Å². The van der Waals surface area contributed by atoms with Gasteiger partial charge in [-0.3, -0.25) is 0 Å². The Bertz CT molecular complexity index is 312. The van der Waals surface area contributed by atoms with Gasteiger partial charge >= 0.3 is 51.4 Å². The number of halogens is 2. The second-order valence-corrected chi connectivity index (χ2v) is 4.22. The molecule has 0 fully saturated rings. The Balaban J connectivity index is 0.00000121. The van der Waals surface area contributed by atoms with E-state index in [4.69, 9.17) is 5.26 Å². The molecule has 0 unspecified atom stereocenters. The molecule has 0 saturated carbocycles. The quantitative estimate of drug-likeness (QED) is 0.463. The van der Waals surface area contributed by atoms with Gasteiger partial charge in [-0.15, -0.1) is 0 Å². The number of benzene rings is 1. The van der Waals surface area contributed by atoms with Crippen LogP contribution in [0, 0.1) is 18.5 Å². The molecule has 0 radical (unpaired) electrons. The summed E-state index contributed by atoms with van der Waals surface area (Å²) in [6.07, 6.45) is 0. The zero-order valence-electron chi connectivity index (χ0n) is 6.31. The van der Waals surface area contributed by atoms with E-state index in [1.54, 1.807) is 12.1 Å². The second kappa shape index (κ2) is 6.16. The van der Waals surface area contributed by atoms with Crippen molar-refractivity contribution in [3.63, 3.8) is 0 Å². The number of phenols is 1. The number of nitrogens with zero attached hydrogens (tertiary/aromatic N) is 1. The predicted octanol–water partition coefficient (Wildman–Crippen LogP) is -0.523. The van der Waals surface area contributed by atoms with Crippen LogP contribution in [0.5, 0.6) is 5.75 Å². The van der Waals surface area contributed by atoms with Crippen LogP contribution in [0.3, 0.4) is 0 Å². The van der Waals surface area contributed by atoms with Crippen LogP contribution >= 0.6 is 45.2 Å². The minimum Gasteiger partial charge on any atom is -0.506 e. The Hall–Kier alpha value is 1.61. The van der Waals surface area contributed by atoms with Crippen LogP contribution in [-0.4, -0.2) is 5.11 Å². The Labute approximate surface area is 140 Å². The molecular formula is C7H3I2KNO+. The van der Waals surface area contributed by atoms with E-state index >= 15 is 0 Å². The maximum absolute atomic E-state index is 9.30. The Morgan fingerprint density at radius 2 is 1.67 bits per heavy atom.